The first-order valence-electron chi connectivity index (χ1n) is 6.21. The number of ether oxygens (including phenoxy) is 1. The van der Waals surface area contributed by atoms with E-state index in [9.17, 15) is 4.39 Å². The Kier molecular flexibility index (Phi) is 3.71. The highest BCUT2D eigenvalue weighted by Gasteiger charge is 2.28. The van der Waals surface area contributed by atoms with E-state index in [0.29, 0.717) is 17.2 Å². The minimum Gasteiger partial charge on any atom is -0.485 e. The van der Waals surface area contributed by atoms with Gasteiger partial charge in [0.25, 0.3) is 0 Å². The van der Waals surface area contributed by atoms with Crippen molar-refractivity contribution in [2.45, 2.75) is 18.6 Å². The predicted molar refractivity (Wildman–Crippen MR) is 80.5 cm³/mol. The van der Waals surface area contributed by atoms with Gasteiger partial charge in [0, 0.05) is 39.2 Å². The van der Waals surface area contributed by atoms with Crippen LogP contribution in [0.1, 0.15) is 29.7 Å². The zero-order chi connectivity index (χ0) is 14.3. The van der Waals surface area contributed by atoms with Gasteiger partial charge in [0.2, 0.25) is 0 Å². The van der Waals surface area contributed by atoms with Gasteiger partial charge < -0.3 is 10.5 Å². The lowest BCUT2D eigenvalue weighted by atomic mass is 9.93. The van der Waals surface area contributed by atoms with Crippen LogP contribution in [0.25, 0.3) is 0 Å². The molecule has 20 heavy (non-hydrogen) atoms. The normalized spacial score (nSPS) is 21.2. The van der Waals surface area contributed by atoms with E-state index in [-0.39, 0.29) is 18.0 Å². The highest BCUT2D eigenvalue weighted by Crippen LogP contribution is 2.42. The van der Waals surface area contributed by atoms with Crippen LogP contribution in [0.5, 0.6) is 5.75 Å². The van der Waals surface area contributed by atoms with E-state index in [1.165, 1.54) is 12.1 Å². The SMILES string of the molecule is NC1CC(c2cc(Cl)ccc2Br)Oc2cc(F)ccc21. The first-order chi connectivity index (χ1) is 9.54. The zero-order valence-electron chi connectivity index (χ0n) is 10.4. The number of nitrogens with two attached hydrogens (primary N) is 1. The molecule has 2 aromatic rings. The molecular formula is C15H12BrClFNO. The summed E-state index contributed by atoms with van der Waals surface area (Å²) >= 11 is 9.52. The van der Waals surface area contributed by atoms with Crippen LogP contribution in [0.2, 0.25) is 5.02 Å². The Morgan fingerprint density at radius 3 is 2.80 bits per heavy atom. The van der Waals surface area contributed by atoms with Gasteiger partial charge in [-0.1, -0.05) is 33.6 Å². The van der Waals surface area contributed by atoms with Gasteiger partial charge in [0.05, 0.1) is 0 Å². The zero-order valence-corrected chi connectivity index (χ0v) is 12.8. The molecule has 2 atom stereocenters. The minimum atomic E-state index is -0.332. The van der Waals surface area contributed by atoms with Gasteiger partial charge in [-0.3, -0.25) is 0 Å². The van der Waals surface area contributed by atoms with Crippen molar-refractivity contribution in [1.82, 2.24) is 0 Å². The Balaban J connectivity index is 2.00. The summed E-state index contributed by atoms with van der Waals surface area (Å²) in [6.45, 7) is 0. The van der Waals surface area contributed by atoms with Crippen LogP contribution in [0.3, 0.4) is 0 Å². The van der Waals surface area contributed by atoms with Gasteiger partial charge in [-0.15, -0.1) is 0 Å². The fourth-order valence-electron chi connectivity index (χ4n) is 2.43. The standard InChI is InChI=1S/C15H12BrClFNO/c16-12-4-1-8(17)5-11(12)15-7-13(19)10-3-2-9(18)6-14(10)20-15/h1-6,13,15H,7,19H2. The molecule has 104 valence electrons. The summed E-state index contributed by atoms with van der Waals surface area (Å²) < 4.78 is 20.1. The molecule has 2 aromatic carbocycles. The molecule has 0 spiro atoms. The molecule has 5 heteroatoms. The lowest BCUT2D eigenvalue weighted by Crippen LogP contribution is -2.24. The molecule has 0 amide bonds. The molecule has 0 fully saturated rings. The lowest BCUT2D eigenvalue weighted by Gasteiger charge is -2.31. The molecular weight excluding hydrogens is 345 g/mol. The molecule has 0 radical (unpaired) electrons. The molecule has 0 bridgehead atoms. The van der Waals surface area contributed by atoms with Crippen molar-refractivity contribution in [3.63, 3.8) is 0 Å². The number of rotatable bonds is 1. The summed E-state index contributed by atoms with van der Waals surface area (Å²) in [6.07, 6.45) is 0.379. The summed E-state index contributed by atoms with van der Waals surface area (Å²) in [6, 6.07) is 9.78. The van der Waals surface area contributed by atoms with Crippen molar-refractivity contribution in [2.75, 3.05) is 0 Å². The average Bonchev–Trinajstić information content (AvgIpc) is 2.41. The van der Waals surface area contributed by atoms with Crippen molar-refractivity contribution in [1.29, 1.82) is 0 Å². The molecule has 0 aliphatic carbocycles. The van der Waals surface area contributed by atoms with Gasteiger partial charge in [0.15, 0.2) is 0 Å². The van der Waals surface area contributed by atoms with Crippen molar-refractivity contribution < 1.29 is 9.13 Å². The van der Waals surface area contributed by atoms with E-state index in [4.69, 9.17) is 22.1 Å². The quantitative estimate of drug-likeness (QED) is 0.799. The Bertz CT molecular complexity index is 664. The number of hydrogen-bond acceptors (Lipinski definition) is 2. The molecule has 0 saturated carbocycles. The number of fused-ring (bicyclic) bond motifs is 1. The summed E-state index contributed by atoms with van der Waals surface area (Å²) in [5.41, 5.74) is 7.91. The maximum Gasteiger partial charge on any atom is 0.127 e. The van der Waals surface area contributed by atoms with Crippen molar-refractivity contribution >= 4 is 27.5 Å². The fourth-order valence-corrected chi connectivity index (χ4v) is 3.11. The minimum absolute atomic E-state index is 0.185. The van der Waals surface area contributed by atoms with E-state index in [1.807, 2.05) is 12.1 Å². The van der Waals surface area contributed by atoms with Gasteiger partial charge in [-0.05, 0) is 24.3 Å². The molecule has 1 aliphatic heterocycles. The van der Waals surface area contributed by atoms with Gasteiger partial charge in [-0.2, -0.15) is 0 Å². The number of halogens is 3. The van der Waals surface area contributed by atoms with Gasteiger partial charge in [-0.25, -0.2) is 4.39 Å². The van der Waals surface area contributed by atoms with Crippen LogP contribution >= 0.6 is 27.5 Å². The molecule has 1 heterocycles. The Labute approximate surface area is 129 Å². The van der Waals surface area contributed by atoms with Crippen LogP contribution in [-0.2, 0) is 0 Å². The van der Waals surface area contributed by atoms with Crippen LogP contribution in [0.15, 0.2) is 40.9 Å². The Hall–Kier alpha value is -1.10. The Morgan fingerprint density at radius 2 is 2.00 bits per heavy atom. The summed E-state index contributed by atoms with van der Waals surface area (Å²) in [5.74, 6) is 0.169. The van der Waals surface area contributed by atoms with Crippen molar-refractivity contribution in [3.8, 4) is 5.75 Å². The highest BCUT2D eigenvalue weighted by atomic mass is 79.9. The van der Waals surface area contributed by atoms with E-state index in [1.54, 1.807) is 12.1 Å². The first-order valence-corrected chi connectivity index (χ1v) is 7.38. The lowest BCUT2D eigenvalue weighted by molar-refractivity contribution is 0.160. The predicted octanol–water partition coefficient (Wildman–Crippen LogP) is 4.77. The third-order valence-electron chi connectivity index (χ3n) is 3.42. The smallest absolute Gasteiger partial charge is 0.127 e. The molecule has 3 rings (SSSR count). The molecule has 1 aliphatic rings. The number of benzene rings is 2. The van der Waals surface area contributed by atoms with E-state index < -0.39 is 0 Å². The van der Waals surface area contributed by atoms with Crippen molar-refractivity contribution in [3.05, 3.63) is 62.8 Å². The second-order valence-corrected chi connectivity index (χ2v) is 6.09. The summed E-state index contributed by atoms with van der Waals surface area (Å²) in [5, 5.41) is 0.630. The maximum atomic E-state index is 13.3. The average molecular weight is 357 g/mol. The monoisotopic (exact) mass is 355 g/mol. The van der Waals surface area contributed by atoms with Crippen LogP contribution in [-0.4, -0.2) is 0 Å². The van der Waals surface area contributed by atoms with E-state index in [0.717, 1.165) is 15.6 Å². The molecule has 2 N–H and O–H groups in total. The molecule has 2 unspecified atom stereocenters. The van der Waals surface area contributed by atoms with E-state index in [2.05, 4.69) is 15.9 Å². The van der Waals surface area contributed by atoms with Gasteiger partial charge >= 0.3 is 0 Å². The third-order valence-corrected chi connectivity index (χ3v) is 4.37. The molecule has 2 nitrogen and oxygen atoms in total. The largest absolute Gasteiger partial charge is 0.485 e. The van der Waals surface area contributed by atoms with Crippen LogP contribution in [0.4, 0.5) is 4.39 Å². The third kappa shape index (κ3) is 2.55. The number of hydrogen-bond donors (Lipinski definition) is 1. The fraction of sp³-hybridized carbons (Fsp3) is 0.200. The van der Waals surface area contributed by atoms with Gasteiger partial charge in [0.1, 0.15) is 17.7 Å². The summed E-state index contributed by atoms with van der Waals surface area (Å²) in [7, 11) is 0. The highest BCUT2D eigenvalue weighted by molar-refractivity contribution is 9.10. The first kappa shape index (κ1) is 13.9. The second-order valence-electron chi connectivity index (χ2n) is 4.80. The van der Waals surface area contributed by atoms with Crippen LogP contribution < -0.4 is 10.5 Å². The maximum absolute atomic E-state index is 13.3. The van der Waals surface area contributed by atoms with Crippen molar-refractivity contribution in [2.24, 2.45) is 5.73 Å². The topological polar surface area (TPSA) is 35.2 Å². The Morgan fingerprint density at radius 1 is 1.20 bits per heavy atom. The van der Waals surface area contributed by atoms with E-state index >= 15 is 0 Å². The summed E-state index contributed by atoms with van der Waals surface area (Å²) in [4.78, 5) is 0. The van der Waals surface area contributed by atoms with Crippen LogP contribution in [0, 0.1) is 5.82 Å². The molecule has 0 aromatic heterocycles. The molecule has 0 saturated heterocycles. The second kappa shape index (κ2) is 5.35.